The molecule has 1 aromatic rings. The Balaban J connectivity index is 1.88. The third-order valence-electron chi connectivity index (χ3n) is 3.54. The lowest BCUT2D eigenvalue weighted by Gasteiger charge is -2.29. The summed E-state index contributed by atoms with van der Waals surface area (Å²) >= 11 is 0. The number of amides is 1. The van der Waals surface area contributed by atoms with Gasteiger partial charge in [0.05, 0.1) is 12.1 Å². The second-order valence-corrected chi connectivity index (χ2v) is 5.18. The summed E-state index contributed by atoms with van der Waals surface area (Å²) < 4.78 is 18.4. The Morgan fingerprint density at radius 1 is 1.45 bits per heavy atom. The molecule has 0 saturated heterocycles. The maximum absolute atomic E-state index is 13.0. The van der Waals surface area contributed by atoms with E-state index in [9.17, 15) is 14.3 Å². The van der Waals surface area contributed by atoms with Gasteiger partial charge in [0.15, 0.2) is 6.10 Å². The van der Waals surface area contributed by atoms with Gasteiger partial charge in [0, 0.05) is 6.07 Å². The summed E-state index contributed by atoms with van der Waals surface area (Å²) in [7, 11) is 0. The van der Waals surface area contributed by atoms with E-state index in [1.807, 2.05) is 0 Å². The number of halogens is 1. The van der Waals surface area contributed by atoms with E-state index in [0.29, 0.717) is 12.2 Å². The largest absolute Gasteiger partial charge is 0.481 e. The van der Waals surface area contributed by atoms with Crippen molar-refractivity contribution < 1.29 is 19.0 Å². The molecule has 0 aliphatic heterocycles. The molecular formula is C15H20FNO3. The lowest BCUT2D eigenvalue weighted by atomic mass is 9.92. The van der Waals surface area contributed by atoms with E-state index in [4.69, 9.17) is 4.74 Å². The average Bonchev–Trinajstić information content (AvgIpc) is 2.41. The predicted molar refractivity (Wildman–Crippen MR) is 72.9 cm³/mol. The van der Waals surface area contributed by atoms with Crippen molar-refractivity contribution in [1.29, 1.82) is 0 Å². The topological polar surface area (TPSA) is 58.6 Å². The fraction of sp³-hybridized carbons (Fsp3) is 0.533. The van der Waals surface area contributed by atoms with Crippen molar-refractivity contribution in [1.82, 2.24) is 5.32 Å². The molecule has 0 radical (unpaired) electrons. The van der Waals surface area contributed by atoms with Gasteiger partial charge in [-0.25, -0.2) is 4.39 Å². The molecule has 1 aromatic carbocycles. The Kier molecular flexibility index (Phi) is 4.95. The van der Waals surface area contributed by atoms with Crippen molar-refractivity contribution in [2.24, 2.45) is 0 Å². The Bertz CT molecular complexity index is 466. The maximum atomic E-state index is 13.0. The highest BCUT2D eigenvalue weighted by molar-refractivity contribution is 5.81. The zero-order valence-corrected chi connectivity index (χ0v) is 11.5. The van der Waals surface area contributed by atoms with Gasteiger partial charge < -0.3 is 15.2 Å². The lowest BCUT2D eigenvalue weighted by Crippen LogP contribution is -2.49. The molecular weight excluding hydrogens is 261 g/mol. The molecule has 0 aromatic heterocycles. The van der Waals surface area contributed by atoms with Crippen molar-refractivity contribution in [3.05, 3.63) is 30.1 Å². The molecule has 0 bridgehead atoms. The van der Waals surface area contributed by atoms with Gasteiger partial charge in [-0.05, 0) is 31.9 Å². The molecule has 20 heavy (non-hydrogen) atoms. The van der Waals surface area contributed by atoms with Gasteiger partial charge >= 0.3 is 0 Å². The number of rotatable bonds is 4. The van der Waals surface area contributed by atoms with Gasteiger partial charge in [0.2, 0.25) is 0 Å². The fourth-order valence-corrected chi connectivity index (χ4v) is 2.38. The van der Waals surface area contributed by atoms with Crippen LogP contribution >= 0.6 is 0 Å². The van der Waals surface area contributed by atoms with Crippen LogP contribution < -0.4 is 10.1 Å². The third kappa shape index (κ3) is 3.93. The van der Waals surface area contributed by atoms with Crippen LogP contribution in [-0.2, 0) is 4.79 Å². The number of carbonyl (C=O) groups excluding carboxylic acids is 1. The quantitative estimate of drug-likeness (QED) is 0.887. The van der Waals surface area contributed by atoms with Gasteiger partial charge in [-0.1, -0.05) is 18.9 Å². The summed E-state index contributed by atoms with van der Waals surface area (Å²) in [6.45, 7) is 1.61. The van der Waals surface area contributed by atoms with Crippen LogP contribution in [0.4, 0.5) is 4.39 Å². The van der Waals surface area contributed by atoms with Gasteiger partial charge in [0.25, 0.3) is 5.91 Å². The van der Waals surface area contributed by atoms with E-state index in [1.54, 1.807) is 13.0 Å². The van der Waals surface area contributed by atoms with Crippen LogP contribution in [0.5, 0.6) is 5.75 Å². The Morgan fingerprint density at radius 3 is 2.90 bits per heavy atom. The van der Waals surface area contributed by atoms with Crippen molar-refractivity contribution >= 4 is 5.91 Å². The molecule has 2 rings (SSSR count). The number of hydrogen-bond acceptors (Lipinski definition) is 3. The van der Waals surface area contributed by atoms with E-state index in [0.717, 1.165) is 19.3 Å². The highest BCUT2D eigenvalue weighted by atomic mass is 19.1. The standard InChI is InChI=1S/C15H20FNO3/c1-10(20-12-6-4-5-11(16)9-12)15(19)17-13-7-2-3-8-14(13)18/h4-6,9-10,13-14,18H,2-3,7-8H2,1H3,(H,17,19)/t10?,13-,14-/m0/s1. The van der Waals surface area contributed by atoms with E-state index >= 15 is 0 Å². The SMILES string of the molecule is CC(Oc1cccc(F)c1)C(=O)N[C@H]1CCCC[C@@H]1O. The number of aliphatic hydroxyl groups is 1. The average molecular weight is 281 g/mol. The first kappa shape index (κ1) is 14.8. The first-order valence-corrected chi connectivity index (χ1v) is 6.97. The van der Waals surface area contributed by atoms with E-state index in [1.165, 1.54) is 18.2 Å². The number of aliphatic hydroxyl groups excluding tert-OH is 1. The van der Waals surface area contributed by atoms with Gasteiger partial charge in [-0.2, -0.15) is 0 Å². The minimum absolute atomic E-state index is 0.213. The van der Waals surface area contributed by atoms with Crippen molar-refractivity contribution in [3.8, 4) is 5.75 Å². The zero-order chi connectivity index (χ0) is 14.5. The Labute approximate surface area is 117 Å². The number of benzene rings is 1. The predicted octanol–water partition coefficient (Wildman–Crippen LogP) is 2.01. The van der Waals surface area contributed by atoms with Crippen molar-refractivity contribution in [2.75, 3.05) is 0 Å². The molecule has 1 saturated carbocycles. The van der Waals surface area contributed by atoms with Gasteiger partial charge in [-0.15, -0.1) is 0 Å². The summed E-state index contributed by atoms with van der Waals surface area (Å²) in [6.07, 6.45) is 2.26. The summed E-state index contributed by atoms with van der Waals surface area (Å²) in [6, 6.07) is 5.47. The summed E-state index contributed by atoms with van der Waals surface area (Å²) in [5.41, 5.74) is 0. The molecule has 1 amide bonds. The molecule has 1 unspecified atom stereocenters. The highest BCUT2D eigenvalue weighted by Crippen LogP contribution is 2.19. The molecule has 3 atom stereocenters. The maximum Gasteiger partial charge on any atom is 0.261 e. The van der Waals surface area contributed by atoms with Crippen molar-refractivity contribution in [2.45, 2.75) is 50.9 Å². The Hall–Kier alpha value is -1.62. The Morgan fingerprint density at radius 2 is 2.20 bits per heavy atom. The lowest BCUT2D eigenvalue weighted by molar-refractivity contribution is -0.129. The number of carbonyl (C=O) groups is 1. The van der Waals surface area contributed by atoms with Crippen LogP contribution in [0.25, 0.3) is 0 Å². The molecule has 0 spiro atoms. The van der Waals surface area contributed by atoms with Gasteiger partial charge in [0.1, 0.15) is 11.6 Å². The van der Waals surface area contributed by atoms with E-state index < -0.39 is 18.0 Å². The summed E-state index contributed by atoms with van der Waals surface area (Å²) in [5, 5.41) is 12.6. The molecule has 1 aliphatic carbocycles. The summed E-state index contributed by atoms with van der Waals surface area (Å²) in [5.74, 6) is -0.380. The molecule has 0 heterocycles. The smallest absolute Gasteiger partial charge is 0.261 e. The number of hydrogen-bond donors (Lipinski definition) is 2. The molecule has 2 N–H and O–H groups in total. The number of ether oxygens (including phenoxy) is 1. The minimum atomic E-state index is -0.731. The second-order valence-electron chi connectivity index (χ2n) is 5.18. The summed E-state index contributed by atoms with van der Waals surface area (Å²) in [4.78, 5) is 12.0. The first-order chi connectivity index (χ1) is 9.56. The molecule has 5 heteroatoms. The van der Waals surface area contributed by atoms with E-state index in [2.05, 4.69) is 5.32 Å². The minimum Gasteiger partial charge on any atom is -0.481 e. The zero-order valence-electron chi connectivity index (χ0n) is 11.5. The van der Waals surface area contributed by atoms with Crippen molar-refractivity contribution in [3.63, 3.8) is 0 Å². The highest BCUT2D eigenvalue weighted by Gasteiger charge is 2.26. The second kappa shape index (κ2) is 6.70. The molecule has 110 valence electrons. The van der Waals surface area contributed by atoms with E-state index in [-0.39, 0.29) is 11.9 Å². The van der Waals surface area contributed by atoms with Crippen LogP contribution in [-0.4, -0.2) is 29.3 Å². The van der Waals surface area contributed by atoms with Crippen LogP contribution in [0, 0.1) is 5.82 Å². The third-order valence-corrected chi connectivity index (χ3v) is 3.54. The fourth-order valence-electron chi connectivity index (χ4n) is 2.38. The van der Waals surface area contributed by atoms with Crippen LogP contribution in [0.2, 0.25) is 0 Å². The normalized spacial score (nSPS) is 23.9. The first-order valence-electron chi connectivity index (χ1n) is 6.97. The molecule has 1 fully saturated rings. The van der Waals surface area contributed by atoms with Gasteiger partial charge in [-0.3, -0.25) is 4.79 Å². The van der Waals surface area contributed by atoms with Crippen LogP contribution in [0.1, 0.15) is 32.6 Å². The number of nitrogens with one attached hydrogen (secondary N) is 1. The molecule has 1 aliphatic rings. The van der Waals surface area contributed by atoms with Crippen LogP contribution in [0.15, 0.2) is 24.3 Å². The monoisotopic (exact) mass is 281 g/mol. The molecule has 4 nitrogen and oxygen atoms in total. The van der Waals surface area contributed by atoms with Crippen LogP contribution in [0.3, 0.4) is 0 Å².